The summed E-state index contributed by atoms with van der Waals surface area (Å²) < 4.78 is 26.4. The summed E-state index contributed by atoms with van der Waals surface area (Å²) in [4.78, 5) is 0. The van der Waals surface area contributed by atoms with E-state index in [1.54, 1.807) is 18.2 Å². The van der Waals surface area contributed by atoms with Gasteiger partial charge < -0.3 is 14.8 Å². The molecule has 0 radical (unpaired) electrons. The molecule has 0 fully saturated rings. The minimum atomic E-state index is -0.265. The fourth-order valence-electron chi connectivity index (χ4n) is 2.94. The summed E-state index contributed by atoms with van der Waals surface area (Å²) in [5, 5.41) is 3.50. The van der Waals surface area contributed by atoms with E-state index in [0.29, 0.717) is 23.7 Å². The zero-order chi connectivity index (χ0) is 20.2. The molecule has 28 heavy (non-hydrogen) atoms. The van der Waals surface area contributed by atoms with Crippen LogP contribution in [0.25, 0.3) is 0 Å². The van der Waals surface area contributed by atoms with Crippen molar-refractivity contribution in [2.24, 2.45) is 0 Å². The predicted octanol–water partition coefficient (Wildman–Crippen LogP) is 6.63. The maximum atomic E-state index is 13.8. The molecule has 0 bridgehead atoms. The van der Waals surface area contributed by atoms with Gasteiger partial charge >= 0.3 is 0 Å². The summed E-state index contributed by atoms with van der Waals surface area (Å²) in [6.07, 6.45) is 6.36. The lowest BCUT2D eigenvalue weighted by molar-refractivity contribution is 0.265. The summed E-state index contributed by atoms with van der Waals surface area (Å²) in [5.41, 5.74) is 1.64. The number of benzene rings is 2. The van der Waals surface area contributed by atoms with Gasteiger partial charge in [-0.3, -0.25) is 0 Å². The van der Waals surface area contributed by atoms with Crippen LogP contribution in [0.1, 0.15) is 57.1 Å². The molecule has 5 heteroatoms. The maximum absolute atomic E-state index is 13.8. The molecule has 2 rings (SSSR count). The van der Waals surface area contributed by atoms with Gasteiger partial charge in [0.1, 0.15) is 12.4 Å². The summed E-state index contributed by atoms with van der Waals surface area (Å²) in [7, 11) is 0. The summed E-state index contributed by atoms with van der Waals surface area (Å²) >= 11 is 3.63. The average Bonchev–Trinajstić information content (AvgIpc) is 2.69. The van der Waals surface area contributed by atoms with Crippen LogP contribution < -0.4 is 14.8 Å². The van der Waals surface area contributed by atoms with Crippen LogP contribution >= 0.6 is 15.9 Å². The lowest BCUT2D eigenvalue weighted by Crippen LogP contribution is -2.15. The highest BCUT2D eigenvalue weighted by atomic mass is 79.9. The summed E-state index contributed by atoms with van der Waals surface area (Å²) in [6.45, 7) is 6.65. The van der Waals surface area contributed by atoms with E-state index in [1.807, 2.05) is 19.1 Å². The van der Waals surface area contributed by atoms with Crippen molar-refractivity contribution in [3.05, 3.63) is 57.8 Å². The predicted molar refractivity (Wildman–Crippen MR) is 117 cm³/mol. The largest absolute Gasteiger partial charge is 0.490 e. The lowest BCUT2D eigenvalue weighted by atomic mass is 10.1. The topological polar surface area (TPSA) is 30.5 Å². The van der Waals surface area contributed by atoms with Gasteiger partial charge in [0.05, 0.1) is 6.61 Å². The van der Waals surface area contributed by atoms with E-state index < -0.39 is 0 Å². The van der Waals surface area contributed by atoms with Crippen molar-refractivity contribution >= 4 is 15.9 Å². The maximum Gasteiger partial charge on any atom is 0.162 e. The van der Waals surface area contributed by atoms with Crippen molar-refractivity contribution < 1.29 is 13.9 Å². The Morgan fingerprint density at radius 2 is 1.68 bits per heavy atom. The Labute approximate surface area is 176 Å². The van der Waals surface area contributed by atoms with Crippen molar-refractivity contribution in [3.63, 3.8) is 0 Å². The molecule has 0 spiro atoms. The molecule has 3 nitrogen and oxygen atoms in total. The van der Waals surface area contributed by atoms with Crippen LogP contribution in [0.2, 0.25) is 0 Å². The molecule has 0 unspecified atom stereocenters. The van der Waals surface area contributed by atoms with Crippen molar-refractivity contribution in [2.75, 3.05) is 13.2 Å². The number of unbranched alkanes of at least 4 members (excludes halogenated alkanes) is 4. The van der Waals surface area contributed by atoms with Crippen LogP contribution in [0.15, 0.2) is 40.9 Å². The van der Waals surface area contributed by atoms with Crippen LogP contribution in [-0.2, 0) is 13.2 Å². The summed E-state index contributed by atoms with van der Waals surface area (Å²) in [6, 6.07) is 10.5. The number of rotatable bonds is 13. The molecule has 0 aliphatic carbocycles. The third kappa shape index (κ3) is 7.44. The van der Waals surface area contributed by atoms with E-state index >= 15 is 0 Å². The standard InChI is InChI=1S/C23H31BrFNO2/c1-3-5-6-7-10-13-26-16-19-14-22(27-4-2)23(15-20(19)24)28-17-18-11-8-9-12-21(18)25/h8-9,11-12,14-15,26H,3-7,10,13,16-17H2,1-2H3. The number of nitrogens with one attached hydrogen (secondary N) is 1. The van der Waals surface area contributed by atoms with Crippen molar-refractivity contribution in [1.82, 2.24) is 5.32 Å². The van der Waals surface area contributed by atoms with Gasteiger partial charge in [0.15, 0.2) is 11.5 Å². The first-order chi connectivity index (χ1) is 13.7. The molecule has 2 aromatic carbocycles. The molecule has 0 saturated heterocycles. The lowest BCUT2D eigenvalue weighted by Gasteiger charge is -2.16. The van der Waals surface area contributed by atoms with Gasteiger partial charge in [-0.1, -0.05) is 66.7 Å². The summed E-state index contributed by atoms with van der Waals surface area (Å²) in [5.74, 6) is 1.03. The van der Waals surface area contributed by atoms with Crippen molar-refractivity contribution in [1.29, 1.82) is 0 Å². The van der Waals surface area contributed by atoms with E-state index in [4.69, 9.17) is 9.47 Å². The zero-order valence-corrected chi connectivity index (χ0v) is 18.5. The zero-order valence-electron chi connectivity index (χ0n) is 16.9. The van der Waals surface area contributed by atoms with Crippen LogP contribution in [0.5, 0.6) is 11.5 Å². The number of ether oxygens (including phenoxy) is 2. The molecular formula is C23H31BrFNO2. The number of hydrogen-bond donors (Lipinski definition) is 1. The van der Waals surface area contributed by atoms with Crippen LogP contribution in [-0.4, -0.2) is 13.2 Å². The van der Waals surface area contributed by atoms with Gasteiger partial charge in [0.25, 0.3) is 0 Å². The van der Waals surface area contributed by atoms with E-state index in [0.717, 1.165) is 23.1 Å². The third-order valence-corrected chi connectivity index (χ3v) is 5.26. The smallest absolute Gasteiger partial charge is 0.162 e. The molecule has 154 valence electrons. The van der Waals surface area contributed by atoms with Crippen molar-refractivity contribution in [3.8, 4) is 11.5 Å². The first-order valence-electron chi connectivity index (χ1n) is 10.2. The molecule has 0 atom stereocenters. The first kappa shape index (κ1) is 22.7. The molecule has 0 saturated carbocycles. The van der Waals surface area contributed by atoms with Crippen molar-refractivity contribution in [2.45, 2.75) is 59.1 Å². The Bertz CT molecular complexity index is 724. The Balaban J connectivity index is 1.95. The highest BCUT2D eigenvalue weighted by Crippen LogP contribution is 2.34. The average molecular weight is 452 g/mol. The van der Waals surface area contributed by atoms with E-state index in [9.17, 15) is 4.39 Å². The fraction of sp³-hybridized carbons (Fsp3) is 0.478. The molecule has 2 aromatic rings. The number of hydrogen-bond acceptors (Lipinski definition) is 3. The Morgan fingerprint density at radius 1 is 0.929 bits per heavy atom. The molecular weight excluding hydrogens is 421 g/mol. The molecule has 0 aromatic heterocycles. The molecule has 0 aliphatic heterocycles. The van der Waals surface area contributed by atoms with Gasteiger partial charge in [-0.2, -0.15) is 0 Å². The van der Waals surface area contributed by atoms with E-state index in [-0.39, 0.29) is 12.4 Å². The second kappa shape index (κ2) is 12.8. The minimum absolute atomic E-state index is 0.161. The monoisotopic (exact) mass is 451 g/mol. The normalized spacial score (nSPS) is 10.9. The molecule has 1 N–H and O–H groups in total. The second-order valence-electron chi connectivity index (χ2n) is 6.79. The van der Waals surface area contributed by atoms with Crippen LogP contribution in [0.3, 0.4) is 0 Å². The number of halogens is 2. The van der Waals surface area contributed by atoms with Gasteiger partial charge in [-0.05, 0) is 43.7 Å². The Kier molecular flexibility index (Phi) is 10.4. The van der Waals surface area contributed by atoms with E-state index in [2.05, 4.69) is 28.2 Å². The van der Waals surface area contributed by atoms with Gasteiger partial charge in [0.2, 0.25) is 0 Å². The highest BCUT2D eigenvalue weighted by molar-refractivity contribution is 9.10. The Morgan fingerprint density at radius 3 is 2.43 bits per heavy atom. The SMILES string of the molecule is CCCCCCCNCc1cc(OCC)c(OCc2ccccc2F)cc1Br. The van der Waals surface area contributed by atoms with Crippen LogP contribution in [0.4, 0.5) is 4.39 Å². The molecule has 0 amide bonds. The highest BCUT2D eigenvalue weighted by Gasteiger charge is 2.12. The van der Waals surface area contributed by atoms with Gasteiger partial charge in [-0.15, -0.1) is 0 Å². The van der Waals surface area contributed by atoms with Gasteiger partial charge in [0, 0.05) is 16.6 Å². The third-order valence-electron chi connectivity index (χ3n) is 4.53. The van der Waals surface area contributed by atoms with E-state index in [1.165, 1.54) is 38.2 Å². The molecule has 0 heterocycles. The van der Waals surface area contributed by atoms with Crippen LogP contribution in [0, 0.1) is 5.82 Å². The fourth-order valence-corrected chi connectivity index (χ4v) is 3.40. The quantitative estimate of drug-likeness (QED) is 0.346. The second-order valence-corrected chi connectivity index (χ2v) is 7.65. The Hall–Kier alpha value is -1.59. The first-order valence-corrected chi connectivity index (χ1v) is 11.0. The minimum Gasteiger partial charge on any atom is -0.490 e. The van der Waals surface area contributed by atoms with Gasteiger partial charge in [-0.25, -0.2) is 4.39 Å². The molecule has 0 aliphatic rings.